The molecular formula is C11H17N3O4. The molecule has 7 nitrogen and oxygen atoms in total. The Kier molecular flexibility index (Phi) is 5.31. The molecule has 18 heavy (non-hydrogen) atoms. The lowest BCUT2D eigenvalue weighted by Crippen LogP contribution is -2.40. The highest BCUT2D eigenvalue weighted by molar-refractivity contribution is 5.76. The number of aliphatic hydroxyl groups is 1. The Morgan fingerprint density at radius 1 is 1.56 bits per heavy atom. The standard InChI is InChI=1S/C11H17N3O4/c1-2-8(4-6-15)12-10(17)7-14-5-3-9(16)13-11(14)18/h3,5,8,15H,2,4,6-7H2,1H3,(H,12,17)(H,13,16,18). The molecule has 0 bridgehead atoms. The molecule has 0 radical (unpaired) electrons. The maximum atomic E-state index is 11.6. The fraction of sp³-hybridized carbons (Fsp3) is 0.545. The van der Waals surface area contributed by atoms with E-state index in [4.69, 9.17) is 5.11 Å². The van der Waals surface area contributed by atoms with Gasteiger partial charge >= 0.3 is 5.69 Å². The van der Waals surface area contributed by atoms with Crippen LogP contribution in [0.2, 0.25) is 0 Å². The van der Waals surface area contributed by atoms with Gasteiger partial charge in [0.05, 0.1) is 0 Å². The van der Waals surface area contributed by atoms with Gasteiger partial charge in [-0.2, -0.15) is 0 Å². The Balaban J connectivity index is 2.64. The van der Waals surface area contributed by atoms with Gasteiger partial charge in [-0.25, -0.2) is 4.79 Å². The topological polar surface area (TPSA) is 104 Å². The zero-order valence-electron chi connectivity index (χ0n) is 10.2. The maximum Gasteiger partial charge on any atom is 0.328 e. The van der Waals surface area contributed by atoms with Crippen LogP contribution in [-0.4, -0.2) is 33.2 Å². The van der Waals surface area contributed by atoms with Crippen LogP contribution in [0.25, 0.3) is 0 Å². The van der Waals surface area contributed by atoms with Crippen LogP contribution in [-0.2, 0) is 11.3 Å². The number of amides is 1. The number of aromatic amines is 1. The SMILES string of the molecule is CCC(CCO)NC(=O)Cn1ccc(=O)[nH]c1=O. The predicted octanol–water partition coefficient (Wildman–Crippen LogP) is -1.19. The molecule has 0 aliphatic carbocycles. The average molecular weight is 255 g/mol. The molecule has 0 aliphatic rings. The molecule has 1 unspecified atom stereocenters. The molecule has 0 fully saturated rings. The van der Waals surface area contributed by atoms with Crippen molar-refractivity contribution in [3.05, 3.63) is 33.1 Å². The van der Waals surface area contributed by atoms with Crippen molar-refractivity contribution in [3.63, 3.8) is 0 Å². The van der Waals surface area contributed by atoms with E-state index in [0.29, 0.717) is 12.8 Å². The van der Waals surface area contributed by atoms with Crippen molar-refractivity contribution in [3.8, 4) is 0 Å². The lowest BCUT2D eigenvalue weighted by atomic mass is 10.1. The van der Waals surface area contributed by atoms with Crippen molar-refractivity contribution in [2.75, 3.05) is 6.61 Å². The number of nitrogens with one attached hydrogen (secondary N) is 2. The summed E-state index contributed by atoms with van der Waals surface area (Å²) in [4.78, 5) is 35.9. The summed E-state index contributed by atoms with van der Waals surface area (Å²) in [7, 11) is 0. The summed E-state index contributed by atoms with van der Waals surface area (Å²) in [5.41, 5.74) is -1.11. The Morgan fingerprint density at radius 3 is 2.83 bits per heavy atom. The van der Waals surface area contributed by atoms with Crippen molar-refractivity contribution >= 4 is 5.91 Å². The summed E-state index contributed by atoms with van der Waals surface area (Å²) in [6.45, 7) is 1.74. The Hall–Kier alpha value is -1.89. The molecular weight excluding hydrogens is 238 g/mol. The highest BCUT2D eigenvalue weighted by Gasteiger charge is 2.10. The van der Waals surface area contributed by atoms with Crippen LogP contribution in [0, 0.1) is 0 Å². The Morgan fingerprint density at radius 2 is 2.28 bits per heavy atom. The van der Waals surface area contributed by atoms with Crippen LogP contribution < -0.4 is 16.6 Å². The number of rotatable bonds is 6. The number of carbonyl (C=O) groups excluding carboxylic acids is 1. The lowest BCUT2D eigenvalue weighted by Gasteiger charge is -2.15. The maximum absolute atomic E-state index is 11.6. The van der Waals surface area contributed by atoms with Crippen LogP contribution in [0.1, 0.15) is 19.8 Å². The van der Waals surface area contributed by atoms with Crippen molar-refractivity contribution in [1.82, 2.24) is 14.9 Å². The van der Waals surface area contributed by atoms with Gasteiger partial charge in [-0.1, -0.05) is 6.92 Å². The molecule has 1 aromatic rings. The third kappa shape index (κ3) is 4.17. The third-order valence-corrected chi connectivity index (χ3v) is 2.55. The first kappa shape index (κ1) is 14.2. The van der Waals surface area contributed by atoms with Crippen molar-refractivity contribution < 1.29 is 9.90 Å². The van der Waals surface area contributed by atoms with E-state index < -0.39 is 11.2 Å². The van der Waals surface area contributed by atoms with E-state index in [1.807, 2.05) is 6.92 Å². The van der Waals surface area contributed by atoms with Crippen molar-refractivity contribution in [2.24, 2.45) is 0 Å². The normalized spacial score (nSPS) is 12.1. The van der Waals surface area contributed by atoms with E-state index in [9.17, 15) is 14.4 Å². The van der Waals surface area contributed by atoms with Gasteiger partial charge in [-0.15, -0.1) is 0 Å². The van der Waals surface area contributed by atoms with Gasteiger partial charge in [0.1, 0.15) is 6.54 Å². The second-order valence-corrected chi connectivity index (χ2v) is 3.92. The number of H-pyrrole nitrogens is 1. The molecule has 1 heterocycles. The van der Waals surface area contributed by atoms with Crippen molar-refractivity contribution in [1.29, 1.82) is 0 Å². The molecule has 7 heteroatoms. The molecule has 1 amide bonds. The summed E-state index contributed by atoms with van der Waals surface area (Å²) in [5, 5.41) is 11.5. The van der Waals surface area contributed by atoms with Crippen LogP contribution in [0.3, 0.4) is 0 Å². The molecule has 1 rings (SSSR count). The molecule has 1 atom stereocenters. The summed E-state index contributed by atoms with van der Waals surface area (Å²) in [6.07, 6.45) is 2.45. The smallest absolute Gasteiger partial charge is 0.328 e. The summed E-state index contributed by atoms with van der Waals surface area (Å²) < 4.78 is 1.11. The number of aliphatic hydroxyl groups excluding tert-OH is 1. The van der Waals surface area contributed by atoms with E-state index in [1.54, 1.807) is 0 Å². The third-order valence-electron chi connectivity index (χ3n) is 2.55. The van der Waals surface area contributed by atoms with Crippen molar-refractivity contribution in [2.45, 2.75) is 32.4 Å². The molecule has 0 saturated carbocycles. The highest BCUT2D eigenvalue weighted by Crippen LogP contribution is 1.96. The average Bonchev–Trinajstić information content (AvgIpc) is 2.32. The van der Waals surface area contributed by atoms with E-state index in [-0.39, 0.29) is 25.1 Å². The second-order valence-electron chi connectivity index (χ2n) is 3.92. The first-order valence-electron chi connectivity index (χ1n) is 5.76. The minimum absolute atomic E-state index is 0.00259. The summed E-state index contributed by atoms with van der Waals surface area (Å²) >= 11 is 0. The Bertz CT molecular complexity index is 506. The largest absolute Gasteiger partial charge is 0.396 e. The van der Waals surface area contributed by atoms with Crippen LogP contribution in [0.5, 0.6) is 0 Å². The van der Waals surface area contributed by atoms with Gasteiger partial charge in [0.15, 0.2) is 0 Å². The molecule has 0 aromatic carbocycles. The zero-order valence-corrected chi connectivity index (χ0v) is 10.2. The van der Waals surface area contributed by atoms with E-state index in [0.717, 1.165) is 4.57 Å². The quantitative estimate of drug-likeness (QED) is 0.594. The predicted molar refractivity (Wildman–Crippen MR) is 65.2 cm³/mol. The molecule has 0 spiro atoms. The van der Waals surface area contributed by atoms with Gasteiger partial charge in [-0.05, 0) is 12.8 Å². The van der Waals surface area contributed by atoms with Gasteiger partial charge in [0.2, 0.25) is 5.91 Å². The minimum Gasteiger partial charge on any atom is -0.396 e. The molecule has 1 aromatic heterocycles. The number of nitrogens with zero attached hydrogens (tertiary/aromatic N) is 1. The van der Waals surface area contributed by atoms with E-state index >= 15 is 0 Å². The number of aromatic nitrogens is 2. The first-order chi connectivity index (χ1) is 8.56. The van der Waals surface area contributed by atoms with Crippen LogP contribution in [0.4, 0.5) is 0 Å². The number of hydrogen-bond donors (Lipinski definition) is 3. The molecule has 0 aliphatic heterocycles. The van der Waals surface area contributed by atoms with Crippen LogP contribution in [0.15, 0.2) is 21.9 Å². The van der Waals surface area contributed by atoms with Gasteiger partial charge in [-0.3, -0.25) is 19.1 Å². The van der Waals surface area contributed by atoms with Gasteiger partial charge in [0.25, 0.3) is 5.56 Å². The van der Waals surface area contributed by atoms with E-state index in [1.165, 1.54) is 12.3 Å². The van der Waals surface area contributed by atoms with Gasteiger partial charge < -0.3 is 10.4 Å². The van der Waals surface area contributed by atoms with Gasteiger partial charge in [0, 0.05) is 24.9 Å². The fourth-order valence-electron chi connectivity index (χ4n) is 1.53. The highest BCUT2D eigenvalue weighted by atomic mass is 16.3. The summed E-state index contributed by atoms with van der Waals surface area (Å²) in [5.74, 6) is -0.329. The molecule has 0 saturated heterocycles. The number of hydrogen-bond acceptors (Lipinski definition) is 4. The van der Waals surface area contributed by atoms with Crippen LogP contribution >= 0.6 is 0 Å². The first-order valence-corrected chi connectivity index (χ1v) is 5.76. The molecule has 3 N–H and O–H groups in total. The fourth-order valence-corrected chi connectivity index (χ4v) is 1.53. The summed E-state index contributed by atoms with van der Waals surface area (Å²) in [6, 6.07) is 1.07. The zero-order chi connectivity index (χ0) is 13.5. The molecule has 100 valence electrons. The second kappa shape index (κ2) is 6.75. The lowest BCUT2D eigenvalue weighted by molar-refractivity contribution is -0.122. The monoisotopic (exact) mass is 255 g/mol. The van der Waals surface area contributed by atoms with E-state index in [2.05, 4.69) is 10.3 Å². The minimum atomic E-state index is -0.618. The number of carbonyl (C=O) groups is 1. The Labute approximate surface area is 103 Å².